The minimum Gasteiger partial charge on any atom is -0.424 e. The lowest BCUT2D eigenvalue weighted by atomic mass is 10.1. The number of hydrogen-bond donors (Lipinski definition) is 0. The summed E-state index contributed by atoms with van der Waals surface area (Å²) in [6.45, 7) is 9.15. The Hall–Kier alpha value is -2.54. The summed E-state index contributed by atoms with van der Waals surface area (Å²) in [5, 5.41) is 12.0. The summed E-state index contributed by atoms with van der Waals surface area (Å²) in [5.74, 6) is 2.28. The van der Waals surface area contributed by atoms with E-state index in [9.17, 15) is 0 Å². The number of hydrogen-bond acceptors (Lipinski definition) is 7. The first-order valence-electron chi connectivity index (χ1n) is 7.84. The van der Waals surface area contributed by atoms with Gasteiger partial charge in [0.05, 0.1) is 13.1 Å². The van der Waals surface area contributed by atoms with E-state index in [-0.39, 0.29) is 5.54 Å². The van der Waals surface area contributed by atoms with Crippen LogP contribution in [0, 0.1) is 6.92 Å². The van der Waals surface area contributed by atoms with Gasteiger partial charge < -0.3 is 8.94 Å². The first-order chi connectivity index (χ1) is 11.4. The highest BCUT2D eigenvalue weighted by atomic mass is 16.5. The van der Waals surface area contributed by atoms with Gasteiger partial charge >= 0.3 is 0 Å². The van der Waals surface area contributed by atoms with E-state index in [1.165, 1.54) is 0 Å². The van der Waals surface area contributed by atoms with Crippen molar-refractivity contribution in [2.24, 2.45) is 0 Å². The Morgan fingerprint density at radius 3 is 2.33 bits per heavy atom. The Balaban J connectivity index is 1.77. The van der Waals surface area contributed by atoms with Gasteiger partial charge in [0.15, 0.2) is 0 Å². The molecule has 3 rings (SSSR count). The number of aryl methyl sites for hydroxylation is 1. The van der Waals surface area contributed by atoms with Gasteiger partial charge in [-0.25, -0.2) is 0 Å². The first kappa shape index (κ1) is 16.3. The van der Waals surface area contributed by atoms with E-state index in [4.69, 9.17) is 8.94 Å². The van der Waals surface area contributed by atoms with Crippen molar-refractivity contribution in [1.82, 2.24) is 25.2 Å². The number of rotatable bonds is 5. The number of nitrogens with zero attached hydrogens (tertiary/aromatic N) is 5. The van der Waals surface area contributed by atoms with Crippen LogP contribution in [-0.2, 0) is 13.1 Å². The molecule has 0 aliphatic carbocycles. The van der Waals surface area contributed by atoms with Crippen molar-refractivity contribution in [3.8, 4) is 11.4 Å². The molecule has 24 heavy (non-hydrogen) atoms. The van der Waals surface area contributed by atoms with Crippen LogP contribution in [0.4, 0.5) is 0 Å². The summed E-state index contributed by atoms with van der Waals surface area (Å²) < 4.78 is 10.9. The largest absolute Gasteiger partial charge is 0.424 e. The van der Waals surface area contributed by atoms with Crippen LogP contribution in [0.15, 0.2) is 39.3 Å². The van der Waals surface area contributed by atoms with E-state index >= 15 is 0 Å². The van der Waals surface area contributed by atoms with Gasteiger partial charge in [0.2, 0.25) is 23.5 Å². The average Bonchev–Trinajstić information content (AvgIpc) is 3.16. The Morgan fingerprint density at radius 2 is 1.71 bits per heavy atom. The van der Waals surface area contributed by atoms with Crippen molar-refractivity contribution in [3.63, 3.8) is 0 Å². The van der Waals surface area contributed by atoms with E-state index in [0.717, 1.165) is 5.56 Å². The van der Waals surface area contributed by atoms with E-state index < -0.39 is 0 Å². The lowest BCUT2D eigenvalue weighted by Gasteiger charge is -2.33. The summed E-state index contributed by atoms with van der Waals surface area (Å²) in [7, 11) is 0. The fraction of sp³-hybridized carbons (Fsp3) is 0.412. The quantitative estimate of drug-likeness (QED) is 0.711. The molecule has 2 heterocycles. The van der Waals surface area contributed by atoms with Crippen LogP contribution < -0.4 is 0 Å². The molecule has 126 valence electrons. The van der Waals surface area contributed by atoms with Gasteiger partial charge in [-0.2, -0.15) is 4.98 Å². The van der Waals surface area contributed by atoms with Crippen molar-refractivity contribution in [2.75, 3.05) is 0 Å². The summed E-state index contributed by atoms with van der Waals surface area (Å²) >= 11 is 0. The van der Waals surface area contributed by atoms with Crippen LogP contribution in [0.3, 0.4) is 0 Å². The van der Waals surface area contributed by atoms with Crippen molar-refractivity contribution < 1.29 is 8.94 Å². The zero-order valence-electron chi connectivity index (χ0n) is 14.4. The van der Waals surface area contributed by atoms with Gasteiger partial charge in [-0.05, 0) is 20.8 Å². The zero-order valence-corrected chi connectivity index (χ0v) is 14.4. The van der Waals surface area contributed by atoms with Crippen LogP contribution in [-0.4, -0.2) is 30.8 Å². The molecule has 0 saturated carbocycles. The molecule has 0 radical (unpaired) electrons. The van der Waals surface area contributed by atoms with Crippen molar-refractivity contribution in [2.45, 2.75) is 46.3 Å². The fourth-order valence-electron chi connectivity index (χ4n) is 2.28. The molecule has 3 aromatic rings. The Kier molecular flexibility index (Phi) is 4.44. The topological polar surface area (TPSA) is 81.1 Å². The maximum atomic E-state index is 5.49. The molecular weight excluding hydrogens is 306 g/mol. The van der Waals surface area contributed by atoms with Crippen LogP contribution in [0.2, 0.25) is 0 Å². The summed E-state index contributed by atoms with van der Waals surface area (Å²) in [6, 6.07) is 9.77. The molecule has 0 N–H and O–H groups in total. The summed E-state index contributed by atoms with van der Waals surface area (Å²) in [4.78, 5) is 6.65. The third-order valence-corrected chi connectivity index (χ3v) is 3.67. The van der Waals surface area contributed by atoms with Gasteiger partial charge in [0, 0.05) is 18.0 Å². The second-order valence-corrected chi connectivity index (χ2v) is 6.62. The molecule has 0 atom stereocenters. The van der Waals surface area contributed by atoms with Crippen LogP contribution in [0.5, 0.6) is 0 Å². The number of aromatic nitrogens is 4. The summed E-state index contributed by atoms with van der Waals surface area (Å²) in [6.07, 6.45) is 0. The van der Waals surface area contributed by atoms with Crippen LogP contribution in [0.25, 0.3) is 11.4 Å². The predicted octanol–water partition coefficient (Wildman–Crippen LogP) is 3.23. The molecule has 0 aliphatic rings. The van der Waals surface area contributed by atoms with E-state index in [2.05, 4.69) is 46.0 Å². The molecule has 0 aliphatic heterocycles. The molecule has 0 amide bonds. The van der Waals surface area contributed by atoms with Crippen molar-refractivity contribution in [3.05, 3.63) is 48.0 Å². The zero-order chi connectivity index (χ0) is 17.2. The molecular formula is C17H21N5O2. The third-order valence-electron chi connectivity index (χ3n) is 3.67. The molecule has 0 unspecified atom stereocenters. The molecule has 2 aromatic heterocycles. The third kappa shape index (κ3) is 3.86. The highest BCUT2D eigenvalue weighted by molar-refractivity contribution is 5.53. The van der Waals surface area contributed by atoms with E-state index in [0.29, 0.717) is 36.6 Å². The molecule has 7 heteroatoms. The first-order valence-corrected chi connectivity index (χ1v) is 7.84. The van der Waals surface area contributed by atoms with E-state index in [1.54, 1.807) is 6.92 Å². The lowest BCUT2D eigenvalue weighted by molar-refractivity contribution is 0.0916. The monoisotopic (exact) mass is 327 g/mol. The Bertz CT molecular complexity index is 789. The standard InChI is InChI=1S/C17H21N5O2/c1-12-19-20-15(23-12)11-22(17(2,3)4)10-14-18-16(21-24-14)13-8-6-5-7-9-13/h5-9H,10-11H2,1-4H3. The normalized spacial score (nSPS) is 12.0. The highest BCUT2D eigenvalue weighted by Gasteiger charge is 2.26. The van der Waals surface area contributed by atoms with Gasteiger partial charge in [-0.3, -0.25) is 4.90 Å². The second-order valence-electron chi connectivity index (χ2n) is 6.62. The van der Waals surface area contributed by atoms with Crippen LogP contribution >= 0.6 is 0 Å². The van der Waals surface area contributed by atoms with Gasteiger partial charge in [-0.1, -0.05) is 35.5 Å². The summed E-state index contributed by atoms with van der Waals surface area (Å²) in [5.41, 5.74) is 0.811. The minimum atomic E-state index is -0.121. The molecule has 1 aromatic carbocycles. The smallest absolute Gasteiger partial charge is 0.241 e. The average molecular weight is 327 g/mol. The molecule has 0 bridgehead atoms. The Labute approximate surface area is 140 Å². The minimum absolute atomic E-state index is 0.121. The molecule has 0 fully saturated rings. The lowest BCUT2D eigenvalue weighted by Crippen LogP contribution is -2.40. The van der Waals surface area contributed by atoms with E-state index in [1.807, 2.05) is 30.3 Å². The number of benzene rings is 1. The Morgan fingerprint density at radius 1 is 1.00 bits per heavy atom. The van der Waals surface area contributed by atoms with Gasteiger partial charge in [0.1, 0.15) is 0 Å². The maximum absolute atomic E-state index is 5.49. The molecule has 7 nitrogen and oxygen atoms in total. The van der Waals surface area contributed by atoms with Crippen molar-refractivity contribution in [1.29, 1.82) is 0 Å². The molecule has 0 saturated heterocycles. The van der Waals surface area contributed by atoms with Crippen molar-refractivity contribution >= 4 is 0 Å². The van der Waals surface area contributed by atoms with Crippen LogP contribution in [0.1, 0.15) is 38.4 Å². The molecule has 0 spiro atoms. The van der Waals surface area contributed by atoms with Gasteiger partial charge in [0.25, 0.3) is 0 Å². The fourth-order valence-corrected chi connectivity index (χ4v) is 2.28. The maximum Gasteiger partial charge on any atom is 0.241 e. The second kappa shape index (κ2) is 6.52. The highest BCUT2D eigenvalue weighted by Crippen LogP contribution is 2.21. The SMILES string of the molecule is Cc1nnc(CN(Cc2nc(-c3ccccc3)no2)C(C)(C)C)o1. The predicted molar refractivity (Wildman–Crippen MR) is 87.8 cm³/mol. The van der Waals surface area contributed by atoms with Gasteiger partial charge in [-0.15, -0.1) is 10.2 Å².